The molecule has 2 aliphatic carbocycles. The zero-order chi connectivity index (χ0) is 38.5. The van der Waals surface area contributed by atoms with Crippen LogP contribution < -0.4 is 9.80 Å². The second kappa shape index (κ2) is 13.8. The maximum Gasteiger partial charge on any atom is 0.0468 e. The Morgan fingerprint density at radius 1 is 0.351 bits per heavy atom. The van der Waals surface area contributed by atoms with E-state index in [2.05, 4.69) is 237 Å². The van der Waals surface area contributed by atoms with E-state index in [9.17, 15) is 0 Å². The molecular weight excluding hydrogens is 689 g/mol. The quantitative estimate of drug-likeness (QED) is 0.144. The predicted octanol–water partition coefficient (Wildman–Crippen LogP) is 15.1. The molecule has 0 unspecified atom stereocenters. The molecule has 2 nitrogen and oxygen atoms in total. The highest BCUT2D eigenvalue weighted by atomic mass is 15.1. The van der Waals surface area contributed by atoms with Crippen LogP contribution in [0.25, 0.3) is 40.0 Å². The highest BCUT2D eigenvalue weighted by Gasteiger charge is 2.35. The lowest BCUT2D eigenvalue weighted by Gasteiger charge is -2.28. The SMILES string of the molecule is C=C1c2cc(/C=C/c3ccc(N(c4ccccc4)c4ccc5c(c4)C(C)(C)c4ccccc4-5)cc3)ccc2-c2ccc(N(c3ccccc3)c3ccccc3)cc21. The molecule has 2 aliphatic rings. The number of anilines is 6. The molecule has 0 radical (unpaired) electrons. The van der Waals surface area contributed by atoms with Crippen LogP contribution in [-0.4, -0.2) is 0 Å². The summed E-state index contributed by atoms with van der Waals surface area (Å²) in [6.07, 6.45) is 4.41. The first kappa shape index (κ1) is 34.3. The Hall–Kier alpha value is -7.16. The Kier molecular flexibility index (Phi) is 8.34. The van der Waals surface area contributed by atoms with Gasteiger partial charge in [-0.1, -0.05) is 148 Å². The van der Waals surface area contributed by atoms with Crippen molar-refractivity contribution in [3.05, 3.63) is 234 Å². The van der Waals surface area contributed by atoms with Crippen molar-refractivity contribution >= 4 is 51.8 Å². The van der Waals surface area contributed by atoms with Crippen LogP contribution >= 0.6 is 0 Å². The zero-order valence-electron chi connectivity index (χ0n) is 32.2. The average molecular weight is 731 g/mol. The van der Waals surface area contributed by atoms with Crippen LogP contribution in [0.4, 0.5) is 34.1 Å². The maximum atomic E-state index is 4.61. The molecule has 272 valence electrons. The van der Waals surface area contributed by atoms with E-state index >= 15 is 0 Å². The number of rotatable bonds is 8. The molecule has 0 saturated heterocycles. The van der Waals surface area contributed by atoms with Gasteiger partial charge in [0.1, 0.15) is 0 Å². The second-order valence-electron chi connectivity index (χ2n) is 15.5. The molecule has 8 aromatic carbocycles. The van der Waals surface area contributed by atoms with E-state index in [0.29, 0.717) is 0 Å². The summed E-state index contributed by atoms with van der Waals surface area (Å²) in [5, 5.41) is 0. The van der Waals surface area contributed by atoms with Gasteiger partial charge in [0.25, 0.3) is 0 Å². The third kappa shape index (κ3) is 5.98. The van der Waals surface area contributed by atoms with Gasteiger partial charge in [-0.3, -0.25) is 0 Å². The normalized spacial score (nSPS) is 13.2. The van der Waals surface area contributed by atoms with Crippen molar-refractivity contribution < 1.29 is 0 Å². The average Bonchev–Trinajstić information content (AvgIpc) is 3.67. The van der Waals surface area contributed by atoms with Crippen LogP contribution in [0.15, 0.2) is 201 Å². The number of para-hydroxylation sites is 3. The van der Waals surface area contributed by atoms with E-state index in [1.165, 1.54) is 44.5 Å². The van der Waals surface area contributed by atoms with Crippen LogP contribution in [0.1, 0.15) is 47.2 Å². The first-order valence-electron chi connectivity index (χ1n) is 19.7. The van der Waals surface area contributed by atoms with Crippen molar-refractivity contribution in [3.8, 4) is 22.3 Å². The van der Waals surface area contributed by atoms with Crippen LogP contribution in [-0.2, 0) is 5.41 Å². The second-order valence-corrected chi connectivity index (χ2v) is 15.5. The highest BCUT2D eigenvalue weighted by molar-refractivity contribution is 6.02. The summed E-state index contributed by atoms with van der Waals surface area (Å²) in [4.78, 5) is 4.67. The minimum atomic E-state index is -0.0689. The topological polar surface area (TPSA) is 6.48 Å². The number of benzene rings is 8. The van der Waals surface area contributed by atoms with Gasteiger partial charge in [-0.05, 0) is 140 Å². The van der Waals surface area contributed by atoms with Gasteiger partial charge in [-0.2, -0.15) is 0 Å². The first-order valence-corrected chi connectivity index (χ1v) is 19.7. The molecule has 0 heterocycles. The van der Waals surface area contributed by atoms with Gasteiger partial charge in [0.05, 0.1) is 0 Å². The zero-order valence-corrected chi connectivity index (χ0v) is 32.2. The molecule has 2 heteroatoms. The van der Waals surface area contributed by atoms with E-state index in [0.717, 1.165) is 50.8 Å². The largest absolute Gasteiger partial charge is 0.310 e. The van der Waals surface area contributed by atoms with Gasteiger partial charge in [-0.15, -0.1) is 0 Å². The third-order valence-electron chi connectivity index (χ3n) is 11.7. The Morgan fingerprint density at radius 3 is 1.39 bits per heavy atom. The van der Waals surface area contributed by atoms with E-state index in [1.807, 2.05) is 0 Å². The molecule has 0 amide bonds. The summed E-state index contributed by atoms with van der Waals surface area (Å²) in [5.74, 6) is 0. The van der Waals surface area contributed by atoms with E-state index < -0.39 is 0 Å². The van der Waals surface area contributed by atoms with Gasteiger partial charge < -0.3 is 9.80 Å². The van der Waals surface area contributed by atoms with Crippen LogP contribution in [0.3, 0.4) is 0 Å². The maximum absolute atomic E-state index is 4.61. The van der Waals surface area contributed by atoms with E-state index in [4.69, 9.17) is 0 Å². The molecule has 0 spiro atoms. The molecule has 57 heavy (non-hydrogen) atoms. The number of fused-ring (bicyclic) bond motifs is 6. The van der Waals surface area contributed by atoms with Gasteiger partial charge in [-0.25, -0.2) is 0 Å². The van der Waals surface area contributed by atoms with Gasteiger partial charge in [0, 0.05) is 39.5 Å². The number of hydrogen-bond acceptors (Lipinski definition) is 2. The van der Waals surface area contributed by atoms with Gasteiger partial charge in [0.2, 0.25) is 0 Å². The van der Waals surface area contributed by atoms with Gasteiger partial charge in [0.15, 0.2) is 0 Å². The van der Waals surface area contributed by atoms with Crippen LogP contribution in [0.2, 0.25) is 0 Å². The van der Waals surface area contributed by atoms with Crippen LogP contribution in [0, 0.1) is 0 Å². The Balaban J connectivity index is 0.921. The molecule has 0 aliphatic heterocycles. The first-order chi connectivity index (χ1) is 27.9. The molecule has 0 aromatic heterocycles. The van der Waals surface area contributed by atoms with Crippen molar-refractivity contribution in [2.24, 2.45) is 0 Å². The van der Waals surface area contributed by atoms with Crippen molar-refractivity contribution in [2.75, 3.05) is 9.80 Å². The minimum Gasteiger partial charge on any atom is -0.310 e. The van der Waals surface area contributed by atoms with Crippen molar-refractivity contribution in [1.29, 1.82) is 0 Å². The molecule has 0 atom stereocenters. The lowest BCUT2D eigenvalue weighted by atomic mass is 9.82. The smallest absolute Gasteiger partial charge is 0.0468 e. The Bertz CT molecular complexity index is 2780. The molecule has 0 saturated carbocycles. The summed E-state index contributed by atoms with van der Waals surface area (Å²) in [5.41, 5.74) is 20.3. The molecule has 0 fully saturated rings. The van der Waals surface area contributed by atoms with Crippen molar-refractivity contribution in [2.45, 2.75) is 19.3 Å². The molecular formula is C55H42N2. The summed E-state index contributed by atoms with van der Waals surface area (Å²) in [6.45, 7) is 9.29. The molecule has 0 N–H and O–H groups in total. The fraction of sp³-hybridized carbons (Fsp3) is 0.0545. The highest BCUT2D eigenvalue weighted by Crippen LogP contribution is 2.51. The number of hydrogen-bond donors (Lipinski definition) is 0. The minimum absolute atomic E-state index is 0.0689. The number of nitrogens with zero attached hydrogens (tertiary/aromatic N) is 2. The lowest BCUT2D eigenvalue weighted by molar-refractivity contribution is 0.660. The molecule has 8 aromatic rings. The molecule has 0 bridgehead atoms. The monoisotopic (exact) mass is 730 g/mol. The van der Waals surface area contributed by atoms with Crippen molar-refractivity contribution in [3.63, 3.8) is 0 Å². The van der Waals surface area contributed by atoms with E-state index in [-0.39, 0.29) is 5.41 Å². The van der Waals surface area contributed by atoms with Crippen LogP contribution in [0.5, 0.6) is 0 Å². The fourth-order valence-corrected chi connectivity index (χ4v) is 8.83. The summed E-state index contributed by atoms with van der Waals surface area (Å²) < 4.78 is 0. The predicted molar refractivity (Wildman–Crippen MR) is 242 cm³/mol. The third-order valence-corrected chi connectivity index (χ3v) is 11.7. The van der Waals surface area contributed by atoms with Gasteiger partial charge >= 0.3 is 0 Å². The fourth-order valence-electron chi connectivity index (χ4n) is 8.83. The van der Waals surface area contributed by atoms with E-state index in [1.54, 1.807) is 0 Å². The summed E-state index contributed by atoms with van der Waals surface area (Å²) >= 11 is 0. The summed E-state index contributed by atoms with van der Waals surface area (Å²) in [7, 11) is 0. The molecule has 10 rings (SSSR count). The standard InChI is InChI=1S/C55H42N2/c1-38-51-35-40(27-32-47(51)48-33-30-45(36-52(38)48)56(41-15-7-4-8-16-41)42-17-9-5-10-18-42)24-23-39-25-28-44(29-26-39)57(43-19-11-6-12-20-43)46-31-34-50-49-21-13-14-22-53(49)55(2,3)54(50)37-46/h4-37H,1H2,2-3H3/b24-23+. The summed E-state index contributed by atoms with van der Waals surface area (Å²) in [6, 6.07) is 69.9. The Labute approximate surface area is 336 Å². The lowest BCUT2D eigenvalue weighted by Crippen LogP contribution is -2.16. The van der Waals surface area contributed by atoms with Crippen molar-refractivity contribution in [1.82, 2.24) is 0 Å². The Morgan fingerprint density at radius 2 is 0.772 bits per heavy atom.